The van der Waals surface area contributed by atoms with Crippen LogP contribution in [0.2, 0.25) is 0 Å². The predicted molar refractivity (Wildman–Crippen MR) is 111 cm³/mol. The summed E-state index contributed by atoms with van der Waals surface area (Å²) in [6.45, 7) is 5.46. The summed E-state index contributed by atoms with van der Waals surface area (Å²) in [4.78, 5) is 11.5. The van der Waals surface area contributed by atoms with Crippen molar-refractivity contribution < 1.29 is 9.53 Å². The van der Waals surface area contributed by atoms with Gasteiger partial charge in [-0.25, -0.2) is 0 Å². The summed E-state index contributed by atoms with van der Waals surface area (Å²) in [5, 5.41) is 12.4. The Bertz CT molecular complexity index is 953. The number of aromatic nitrogens is 3. The predicted octanol–water partition coefficient (Wildman–Crippen LogP) is 4.07. The van der Waals surface area contributed by atoms with E-state index in [2.05, 4.69) is 40.6 Å². The molecule has 1 aromatic heterocycles. The molecule has 0 spiro atoms. The van der Waals surface area contributed by atoms with Crippen LogP contribution in [0.25, 0.3) is 5.69 Å². The summed E-state index contributed by atoms with van der Waals surface area (Å²) in [5.41, 5.74) is 3.29. The summed E-state index contributed by atoms with van der Waals surface area (Å²) in [5.74, 6) is 2.16. The monoisotopic (exact) mass is 396 g/mol. The zero-order valence-corrected chi connectivity index (χ0v) is 17.3. The van der Waals surface area contributed by atoms with Crippen LogP contribution in [0.5, 0.6) is 5.75 Å². The van der Waals surface area contributed by atoms with Crippen molar-refractivity contribution in [1.82, 2.24) is 20.1 Å². The molecule has 2 aromatic carbocycles. The normalized spacial score (nSPS) is 11.9. The molecule has 0 bridgehead atoms. The van der Waals surface area contributed by atoms with E-state index in [0.29, 0.717) is 5.82 Å². The first-order chi connectivity index (χ1) is 13.5. The number of nitrogens with one attached hydrogen (secondary N) is 1. The van der Waals surface area contributed by atoms with Gasteiger partial charge in [0.05, 0.1) is 13.2 Å². The fraction of sp³-hybridized carbons (Fsp3) is 0.286. The number of thioether (sulfide) groups is 1. The molecule has 1 amide bonds. The average Bonchev–Trinajstić information content (AvgIpc) is 3.11. The minimum Gasteiger partial charge on any atom is -0.497 e. The molecule has 28 heavy (non-hydrogen) atoms. The van der Waals surface area contributed by atoms with Crippen molar-refractivity contribution in [3.8, 4) is 11.4 Å². The maximum atomic E-state index is 11.5. The van der Waals surface area contributed by atoms with Gasteiger partial charge < -0.3 is 10.1 Å². The van der Waals surface area contributed by atoms with Crippen LogP contribution in [-0.2, 0) is 10.5 Å². The molecule has 1 unspecified atom stereocenters. The molecule has 146 valence electrons. The van der Waals surface area contributed by atoms with Gasteiger partial charge >= 0.3 is 0 Å². The van der Waals surface area contributed by atoms with Gasteiger partial charge in [0.1, 0.15) is 5.75 Å². The SMILES string of the molecule is COc1cccc(CSc2nnc(C(C)NC(C)=O)n2-c2ccc(C)cc2)c1. The van der Waals surface area contributed by atoms with E-state index in [1.807, 2.05) is 41.8 Å². The van der Waals surface area contributed by atoms with Crippen molar-refractivity contribution in [1.29, 1.82) is 0 Å². The highest BCUT2D eigenvalue weighted by Gasteiger charge is 2.20. The lowest BCUT2D eigenvalue weighted by Crippen LogP contribution is -2.26. The van der Waals surface area contributed by atoms with Gasteiger partial charge in [-0.2, -0.15) is 0 Å². The van der Waals surface area contributed by atoms with E-state index in [0.717, 1.165) is 27.9 Å². The highest BCUT2D eigenvalue weighted by atomic mass is 32.2. The van der Waals surface area contributed by atoms with E-state index in [9.17, 15) is 4.79 Å². The van der Waals surface area contributed by atoms with Crippen molar-refractivity contribution in [2.24, 2.45) is 0 Å². The molecule has 1 heterocycles. The number of amides is 1. The second-order valence-electron chi connectivity index (χ2n) is 6.57. The zero-order chi connectivity index (χ0) is 20.1. The number of hydrogen-bond donors (Lipinski definition) is 1. The van der Waals surface area contributed by atoms with Crippen molar-refractivity contribution in [2.75, 3.05) is 7.11 Å². The highest BCUT2D eigenvalue weighted by molar-refractivity contribution is 7.98. The molecule has 1 N–H and O–H groups in total. The van der Waals surface area contributed by atoms with Gasteiger partial charge in [0, 0.05) is 18.4 Å². The minimum absolute atomic E-state index is 0.100. The maximum absolute atomic E-state index is 11.5. The number of benzene rings is 2. The first kappa shape index (κ1) is 19.9. The maximum Gasteiger partial charge on any atom is 0.217 e. The van der Waals surface area contributed by atoms with E-state index in [-0.39, 0.29) is 11.9 Å². The number of methoxy groups -OCH3 is 1. The van der Waals surface area contributed by atoms with Gasteiger partial charge in [-0.1, -0.05) is 41.6 Å². The Labute approximate surface area is 169 Å². The molecular formula is C21H24N4O2S. The Kier molecular flexibility index (Phi) is 6.36. The van der Waals surface area contributed by atoms with Crippen molar-refractivity contribution in [3.05, 3.63) is 65.5 Å². The molecule has 3 rings (SSSR count). The van der Waals surface area contributed by atoms with E-state index < -0.39 is 0 Å². The second kappa shape index (κ2) is 8.93. The first-order valence-electron chi connectivity index (χ1n) is 9.03. The fourth-order valence-corrected chi connectivity index (χ4v) is 3.77. The first-order valence-corrected chi connectivity index (χ1v) is 10.0. The lowest BCUT2D eigenvalue weighted by Gasteiger charge is -2.15. The van der Waals surface area contributed by atoms with E-state index in [4.69, 9.17) is 4.74 Å². The minimum atomic E-state index is -0.252. The number of ether oxygens (including phenoxy) is 1. The smallest absolute Gasteiger partial charge is 0.217 e. The van der Waals surface area contributed by atoms with Crippen molar-refractivity contribution in [3.63, 3.8) is 0 Å². The van der Waals surface area contributed by atoms with E-state index in [1.165, 1.54) is 12.5 Å². The molecule has 0 aliphatic carbocycles. The third kappa shape index (κ3) is 4.72. The van der Waals surface area contributed by atoms with Gasteiger partial charge in [0.25, 0.3) is 0 Å². The van der Waals surface area contributed by atoms with Gasteiger partial charge in [-0.05, 0) is 43.7 Å². The number of aryl methyl sites for hydroxylation is 1. The zero-order valence-electron chi connectivity index (χ0n) is 16.5. The molecule has 1 atom stereocenters. The Balaban J connectivity index is 1.92. The number of carbonyl (C=O) groups is 1. The van der Waals surface area contributed by atoms with Crippen LogP contribution >= 0.6 is 11.8 Å². The largest absolute Gasteiger partial charge is 0.497 e. The third-order valence-electron chi connectivity index (χ3n) is 4.26. The third-order valence-corrected chi connectivity index (χ3v) is 5.26. The van der Waals surface area contributed by atoms with Gasteiger partial charge in [-0.3, -0.25) is 9.36 Å². The Morgan fingerprint density at radius 2 is 1.96 bits per heavy atom. The van der Waals surface area contributed by atoms with E-state index in [1.54, 1.807) is 18.9 Å². The second-order valence-corrected chi connectivity index (χ2v) is 7.52. The fourth-order valence-electron chi connectivity index (χ4n) is 2.87. The topological polar surface area (TPSA) is 69.0 Å². The highest BCUT2D eigenvalue weighted by Crippen LogP contribution is 2.28. The molecule has 7 heteroatoms. The lowest BCUT2D eigenvalue weighted by atomic mass is 10.2. The standard InChI is InChI=1S/C21H24N4O2S/c1-14-8-10-18(11-9-14)25-20(15(2)22-16(3)26)23-24-21(25)28-13-17-6-5-7-19(12-17)27-4/h5-12,15H,13H2,1-4H3,(H,22,26). The summed E-state index contributed by atoms with van der Waals surface area (Å²) in [7, 11) is 1.66. The number of rotatable bonds is 7. The van der Waals surface area contributed by atoms with Crippen LogP contribution < -0.4 is 10.1 Å². The van der Waals surface area contributed by atoms with Gasteiger partial charge in [-0.15, -0.1) is 10.2 Å². The van der Waals surface area contributed by atoms with Crippen molar-refractivity contribution in [2.45, 2.75) is 37.7 Å². The molecule has 0 saturated carbocycles. The number of hydrogen-bond acceptors (Lipinski definition) is 5. The van der Waals surface area contributed by atoms with Crippen LogP contribution in [-0.4, -0.2) is 27.8 Å². The Hall–Kier alpha value is -2.80. The quantitative estimate of drug-likeness (QED) is 0.610. The van der Waals surface area contributed by atoms with Gasteiger partial charge in [0.15, 0.2) is 11.0 Å². The van der Waals surface area contributed by atoms with Crippen molar-refractivity contribution >= 4 is 17.7 Å². The summed E-state index contributed by atoms with van der Waals surface area (Å²) in [6, 6.07) is 15.9. The molecule has 6 nitrogen and oxygen atoms in total. The van der Waals surface area contributed by atoms with Crippen LogP contribution in [0.1, 0.15) is 36.8 Å². The summed E-state index contributed by atoms with van der Waals surface area (Å²) < 4.78 is 7.31. The van der Waals surface area contributed by atoms with Crippen LogP contribution in [0.3, 0.4) is 0 Å². The molecule has 0 aliphatic heterocycles. The van der Waals surface area contributed by atoms with Crippen LogP contribution in [0.4, 0.5) is 0 Å². The summed E-state index contributed by atoms with van der Waals surface area (Å²) in [6.07, 6.45) is 0. The lowest BCUT2D eigenvalue weighted by molar-refractivity contribution is -0.119. The molecule has 0 fully saturated rings. The van der Waals surface area contributed by atoms with Gasteiger partial charge in [0.2, 0.25) is 5.91 Å². The molecule has 0 aliphatic rings. The molecule has 3 aromatic rings. The van der Waals surface area contributed by atoms with Crippen LogP contribution in [0, 0.1) is 6.92 Å². The van der Waals surface area contributed by atoms with Crippen LogP contribution in [0.15, 0.2) is 53.7 Å². The molecular weight excluding hydrogens is 372 g/mol. The Morgan fingerprint density at radius 3 is 2.64 bits per heavy atom. The summed E-state index contributed by atoms with van der Waals surface area (Å²) >= 11 is 1.60. The molecule has 0 saturated heterocycles. The number of nitrogens with zero attached hydrogens (tertiary/aromatic N) is 3. The molecule has 0 radical (unpaired) electrons. The number of carbonyl (C=O) groups excluding carboxylic acids is 1. The Morgan fingerprint density at radius 1 is 1.21 bits per heavy atom. The van der Waals surface area contributed by atoms with E-state index >= 15 is 0 Å². The average molecular weight is 397 g/mol.